The monoisotopic (exact) mass is 486 g/mol. The highest BCUT2D eigenvalue weighted by molar-refractivity contribution is 7.89. The van der Waals surface area contributed by atoms with Gasteiger partial charge in [-0.2, -0.15) is 17.5 Å². The van der Waals surface area contributed by atoms with Crippen LogP contribution in [-0.4, -0.2) is 31.5 Å². The molecule has 0 aliphatic rings. The molecule has 0 amide bonds. The van der Waals surface area contributed by atoms with Crippen molar-refractivity contribution in [2.24, 2.45) is 0 Å². The van der Waals surface area contributed by atoms with Crippen molar-refractivity contribution >= 4 is 21.6 Å². The van der Waals surface area contributed by atoms with E-state index in [1.165, 1.54) is 19.3 Å². The largest absolute Gasteiger partial charge is 0.496 e. The fraction of sp³-hybridized carbons (Fsp3) is 0.190. The molecule has 0 spiro atoms. The van der Waals surface area contributed by atoms with Crippen LogP contribution in [0.25, 0.3) is 11.3 Å². The highest BCUT2D eigenvalue weighted by atomic mass is 35.5. The van der Waals surface area contributed by atoms with Gasteiger partial charge in [-0.3, -0.25) is 0 Å². The van der Waals surface area contributed by atoms with E-state index < -0.39 is 31.7 Å². The number of para-hydroxylation sites is 1. The number of hydrogen-bond donors (Lipinski definition) is 0. The molecule has 0 atom stereocenters. The Labute approximate surface area is 187 Å². The number of hydrogen-bond acceptors (Lipinski definition) is 5. The third-order valence-corrected chi connectivity index (χ3v) is 6.63. The quantitative estimate of drug-likeness (QED) is 0.399. The Morgan fingerprint density at radius 3 is 2.59 bits per heavy atom. The first-order valence-electron chi connectivity index (χ1n) is 9.14. The molecule has 0 fully saturated rings. The van der Waals surface area contributed by atoms with Crippen molar-refractivity contribution in [2.45, 2.75) is 17.6 Å². The van der Waals surface area contributed by atoms with Crippen LogP contribution in [0.5, 0.6) is 5.75 Å². The van der Waals surface area contributed by atoms with Gasteiger partial charge in [-0.05, 0) is 30.3 Å². The Kier molecular flexibility index (Phi) is 6.97. The molecule has 2 aromatic carbocycles. The Morgan fingerprint density at radius 2 is 1.94 bits per heavy atom. The molecule has 0 N–H and O–H groups in total. The van der Waals surface area contributed by atoms with E-state index in [1.807, 2.05) is 0 Å². The van der Waals surface area contributed by atoms with Gasteiger partial charge in [0, 0.05) is 18.2 Å². The summed E-state index contributed by atoms with van der Waals surface area (Å²) in [6.45, 7) is 3.08. The van der Waals surface area contributed by atoms with Crippen LogP contribution >= 0.6 is 11.6 Å². The SMILES string of the molecule is C=CCN(Cc1cc(-c2ccccc2OC)no1)S(=O)(=O)c1ccc(Cl)c(C(F)(F)F)c1. The molecule has 0 saturated carbocycles. The van der Waals surface area contributed by atoms with E-state index in [-0.39, 0.29) is 18.8 Å². The molecular weight excluding hydrogens is 469 g/mol. The number of ether oxygens (including phenoxy) is 1. The van der Waals surface area contributed by atoms with Gasteiger partial charge < -0.3 is 9.26 Å². The van der Waals surface area contributed by atoms with Crippen molar-refractivity contribution in [1.29, 1.82) is 0 Å². The summed E-state index contributed by atoms with van der Waals surface area (Å²) in [5, 5.41) is 3.36. The van der Waals surface area contributed by atoms with Crippen molar-refractivity contribution in [3.63, 3.8) is 0 Å². The number of sulfonamides is 1. The minimum absolute atomic E-state index is 0.170. The third kappa shape index (κ3) is 4.98. The minimum Gasteiger partial charge on any atom is -0.496 e. The average Bonchev–Trinajstić information content (AvgIpc) is 3.21. The van der Waals surface area contributed by atoms with Gasteiger partial charge in [-0.25, -0.2) is 8.42 Å². The first-order valence-corrected chi connectivity index (χ1v) is 11.0. The van der Waals surface area contributed by atoms with Crippen LogP contribution < -0.4 is 4.74 Å². The van der Waals surface area contributed by atoms with E-state index in [0.29, 0.717) is 23.1 Å². The van der Waals surface area contributed by atoms with Gasteiger partial charge in [-0.1, -0.05) is 35.0 Å². The molecule has 0 aliphatic carbocycles. The van der Waals surface area contributed by atoms with Crippen molar-refractivity contribution in [3.05, 3.63) is 77.5 Å². The second-order valence-corrected chi connectivity index (χ2v) is 8.95. The number of aromatic nitrogens is 1. The van der Waals surface area contributed by atoms with E-state index in [0.717, 1.165) is 16.4 Å². The van der Waals surface area contributed by atoms with Crippen LogP contribution in [0.4, 0.5) is 13.2 Å². The van der Waals surface area contributed by atoms with Crippen molar-refractivity contribution in [3.8, 4) is 17.0 Å². The topological polar surface area (TPSA) is 72.6 Å². The highest BCUT2D eigenvalue weighted by Gasteiger charge is 2.35. The van der Waals surface area contributed by atoms with Crippen LogP contribution in [0, 0.1) is 0 Å². The lowest BCUT2D eigenvalue weighted by Gasteiger charge is -2.20. The zero-order valence-electron chi connectivity index (χ0n) is 16.8. The summed E-state index contributed by atoms with van der Waals surface area (Å²) in [5.41, 5.74) is -0.188. The summed E-state index contributed by atoms with van der Waals surface area (Å²) in [5.74, 6) is 0.727. The van der Waals surface area contributed by atoms with Crippen LogP contribution in [0.3, 0.4) is 0 Å². The Bertz CT molecular complexity index is 1230. The zero-order chi connectivity index (χ0) is 23.5. The van der Waals surface area contributed by atoms with Gasteiger partial charge in [0.25, 0.3) is 0 Å². The number of nitrogens with zero attached hydrogens (tertiary/aromatic N) is 2. The number of methoxy groups -OCH3 is 1. The van der Waals surface area contributed by atoms with Crippen molar-refractivity contribution in [1.82, 2.24) is 9.46 Å². The number of rotatable bonds is 8. The minimum atomic E-state index is -4.81. The lowest BCUT2D eigenvalue weighted by atomic mass is 10.1. The maximum absolute atomic E-state index is 13.2. The maximum Gasteiger partial charge on any atom is 0.417 e. The molecule has 3 aromatic rings. The Hall–Kier alpha value is -2.82. The maximum atomic E-state index is 13.2. The number of benzene rings is 2. The second-order valence-electron chi connectivity index (χ2n) is 6.60. The normalized spacial score (nSPS) is 12.2. The van der Waals surface area contributed by atoms with E-state index in [2.05, 4.69) is 11.7 Å². The summed E-state index contributed by atoms with van der Waals surface area (Å²) in [6.07, 6.45) is -3.49. The predicted octanol–water partition coefficient (Wildman–Crippen LogP) is 5.40. The van der Waals surface area contributed by atoms with E-state index in [4.69, 9.17) is 20.9 Å². The first kappa shape index (κ1) is 23.8. The van der Waals surface area contributed by atoms with Gasteiger partial charge in [0.05, 0.1) is 29.1 Å². The molecule has 6 nitrogen and oxygen atoms in total. The van der Waals surface area contributed by atoms with Gasteiger partial charge in [-0.15, -0.1) is 6.58 Å². The summed E-state index contributed by atoms with van der Waals surface area (Å²) < 4.78 is 77.2. The third-order valence-electron chi connectivity index (χ3n) is 4.49. The molecule has 1 aromatic heterocycles. The molecule has 0 aliphatic heterocycles. The lowest BCUT2D eigenvalue weighted by Crippen LogP contribution is -2.31. The number of alkyl halides is 3. The van der Waals surface area contributed by atoms with Crippen LogP contribution in [0.2, 0.25) is 5.02 Å². The fourth-order valence-corrected chi connectivity index (χ4v) is 4.60. The Morgan fingerprint density at radius 1 is 1.22 bits per heavy atom. The molecule has 11 heteroatoms. The molecule has 32 heavy (non-hydrogen) atoms. The van der Waals surface area contributed by atoms with E-state index in [9.17, 15) is 21.6 Å². The van der Waals surface area contributed by atoms with Crippen molar-refractivity contribution < 1.29 is 30.8 Å². The molecule has 170 valence electrons. The lowest BCUT2D eigenvalue weighted by molar-refractivity contribution is -0.137. The van der Waals surface area contributed by atoms with Gasteiger partial charge >= 0.3 is 6.18 Å². The van der Waals surface area contributed by atoms with Gasteiger partial charge in [0.2, 0.25) is 10.0 Å². The standard InChI is InChI=1S/C21H18ClF3N2O4S/c1-3-10-27(32(28,29)15-8-9-18(22)17(12-15)21(23,24)25)13-14-11-19(26-31-14)16-6-4-5-7-20(16)30-2/h3-9,11-12H,1,10,13H2,2H3. The molecule has 3 rings (SSSR count). The fourth-order valence-electron chi connectivity index (χ4n) is 2.97. The summed E-state index contributed by atoms with van der Waals surface area (Å²) in [4.78, 5) is -0.555. The van der Waals surface area contributed by atoms with E-state index in [1.54, 1.807) is 24.3 Å². The average molecular weight is 487 g/mol. The Balaban J connectivity index is 1.94. The van der Waals surface area contributed by atoms with Gasteiger partial charge in [0.1, 0.15) is 11.4 Å². The van der Waals surface area contributed by atoms with Crippen LogP contribution in [-0.2, 0) is 22.7 Å². The molecule has 1 heterocycles. The highest BCUT2D eigenvalue weighted by Crippen LogP contribution is 2.36. The molecule has 0 saturated heterocycles. The zero-order valence-corrected chi connectivity index (χ0v) is 18.3. The molecular formula is C21H18ClF3N2O4S. The molecule has 0 radical (unpaired) electrons. The van der Waals surface area contributed by atoms with E-state index >= 15 is 0 Å². The second kappa shape index (κ2) is 9.35. The number of halogens is 4. The summed E-state index contributed by atoms with van der Waals surface area (Å²) >= 11 is 5.61. The van der Waals surface area contributed by atoms with Gasteiger partial charge in [0.15, 0.2) is 5.76 Å². The summed E-state index contributed by atoms with van der Waals surface area (Å²) in [6, 6.07) is 11.0. The predicted molar refractivity (Wildman–Crippen MR) is 113 cm³/mol. The molecule has 0 unspecified atom stereocenters. The van der Waals surface area contributed by atoms with Crippen molar-refractivity contribution in [2.75, 3.05) is 13.7 Å². The first-order chi connectivity index (χ1) is 15.1. The smallest absolute Gasteiger partial charge is 0.417 e. The van der Waals surface area contributed by atoms with Crippen LogP contribution in [0.15, 0.2) is 70.6 Å². The van der Waals surface area contributed by atoms with Crippen LogP contribution in [0.1, 0.15) is 11.3 Å². The molecule has 0 bridgehead atoms. The summed E-state index contributed by atoms with van der Waals surface area (Å²) in [7, 11) is -2.84.